The van der Waals surface area contributed by atoms with Crippen LogP contribution in [0.25, 0.3) is 5.70 Å². The number of carbonyl (C=O) groups is 1. The van der Waals surface area contributed by atoms with E-state index in [0.717, 1.165) is 28.9 Å². The standard InChI is InChI=1S/C27H25NO/c1-4-28-23-13-9-8-12-21(23)24(18-10-6-5-7-11-18)25-26(28)20-15-14-19(17(2)3)16-22(20)27(25)29/h5-17,24H,4H2,1-3H3. The third-order valence-electron chi connectivity index (χ3n) is 6.26. The fourth-order valence-electron chi connectivity index (χ4n) is 4.85. The van der Waals surface area contributed by atoms with Gasteiger partial charge in [-0.25, -0.2) is 0 Å². The molecule has 1 aliphatic carbocycles. The maximum absolute atomic E-state index is 13.8. The number of rotatable bonds is 3. The number of hydrogen-bond acceptors (Lipinski definition) is 2. The van der Waals surface area contributed by atoms with E-state index < -0.39 is 0 Å². The van der Waals surface area contributed by atoms with Gasteiger partial charge >= 0.3 is 0 Å². The van der Waals surface area contributed by atoms with Crippen LogP contribution in [-0.2, 0) is 0 Å². The van der Waals surface area contributed by atoms with Crippen LogP contribution in [0.1, 0.15) is 65.2 Å². The van der Waals surface area contributed by atoms with Crippen molar-refractivity contribution in [2.75, 3.05) is 11.4 Å². The Morgan fingerprint density at radius 1 is 0.897 bits per heavy atom. The summed E-state index contributed by atoms with van der Waals surface area (Å²) in [5, 5.41) is 0. The molecule has 2 nitrogen and oxygen atoms in total. The summed E-state index contributed by atoms with van der Waals surface area (Å²) < 4.78 is 0. The first-order valence-corrected chi connectivity index (χ1v) is 10.5. The molecule has 144 valence electrons. The Labute approximate surface area is 172 Å². The number of nitrogens with zero attached hydrogens (tertiary/aromatic N) is 1. The van der Waals surface area contributed by atoms with E-state index in [-0.39, 0.29) is 11.7 Å². The maximum Gasteiger partial charge on any atom is 0.192 e. The van der Waals surface area contributed by atoms with Crippen molar-refractivity contribution in [1.29, 1.82) is 0 Å². The van der Waals surface area contributed by atoms with E-state index in [1.165, 1.54) is 22.4 Å². The number of benzene rings is 3. The zero-order chi connectivity index (χ0) is 20.1. The second-order valence-corrected chi connectivity index (χ2v) is 8.20. The van der Waals surface area contributed by atoms with E-state index in [1.807, 2.05) is 6.07 Å². The Morgan fingerprint density at radius 2 is 1.62 bits per heavy atom. The first kappa shape index (κ1) is 17.9. The lowest BCUT2D eigenvalue weighted by Gasteiger charge is -2.36. The summed E-state index contributed by atoms with van der Waals surface area (Å²) in [6, 6.07) is 25.4. The predicted molar refractivity (Wildman–Crippen MR) is 120 cm³/mol. The zero-order valence-corrected chi connectivity index (χ0v) is 17.1. The highest BCUT2D eigenvalue weighted by Gasteiger charge is 2.42. The largest absolute Gasteiger partial charge is 0.341 e. The van der Waals surface area contributed by atoms with Crippen LogP contribution in [0.3, 0.4) is 0 Å². The molecule has 2 aliphatic rings. The first-order chi connectivity index (χ1) is 14.1. The molecule has 29 heavy (non-hydrogen) atoms. The van der Waals surface area contributed by atoms with Crippen LogP contribution < -0.4 is 4.90 Å². The highest BCUT2D eigenvalue weighted by atomic mass is 16.1. The van der Waals surface area contributed by atoms with Gasteiger partial charge in [0.2, 0.25) is 0 Å². The van der Waals surface area contributed by atoms with Crippen molar-refractivity contribution in [3.8, 4) is 0 Å². The van der Waals surface area contributed by atoms with Gasteiger partial charge in [-0.2, -0.15) is 0 Å². The fraction of sp³-hybridized carbons (Fsp3) is 0.222. The second-order valence-electron chi connectivity index (χ2n) is 8.20. The van der Waals surface area contributed by atoms with Gasteiger partial charge < -0.3 is 4.90 Å². The summed E-state index contributed by atoms with van der Waals surface area (Å²) in [5.41, 5.74) is 8.76. The Hall–Kier alpha value is -3.13. The van der Waals surface area contributed by atoms with Crippen molar-refractivity contribution in [3.05, 3.63) is 106 Å². The molecule has 0 bridgehead atoms. The average molecular weight is 380 g/mol. The van der Waals surface area contributed by atoms with Crippen molar-refractivity contribution in [2.24, 2.45) is 0 Å². The van der Waals surface area contributed by atoms with E-state index in [0.29, 0.717) is 5.92 Å². The number of allylic oxidation sites excluding steroid dienone is 1. The van der Waals surface area contributed by atoms with Gasteiger partial charge in [0.05, 0.1) is 5.70 Å². The number of ketones is 1. The molecule has 0 N–H and O–H groups in total. The number of hydrogen-bond donors (Lipinski definition) is 0. The first-order valence-electron chi connectivity index (χ1n) is 10.5. The summed E-state index contributed by atoms with van der Waals surface area (Å²) in [5.74, 6) is 0.544. The summed E-state index contributed by atoms with van der Waals surface area (Å²) in [4.78, 5) is 16.1. The predicted octanol–water partition coefficient (Wildman–Crippen LogP) is 6.39. The van der Waals surface area contributed by atoms with Gasteiger partial charge in [-0.15, -0.1) is 0 Å². The van der Waals surface area contributed by atoms with Crippen LogP contribution in [0.15, 0.2) is 78.4 Å². The number of anilines is 1. The molecule has 0 fully saturated rings. The molecule has 0 saturated heterocycles. The summed E-state index contributed by atoms with van der Waals surface area (Å²) in [6.07, 6.45) is 0. The van der Waals surface area contributed by atoms with Gasteiger partial charge in [-0.3, -0.25) is 4.79 Å². The topological polar surface area (TPSA) is 20.3 Å². The zero-order valence-electron chi connectivity index (χ0n) is 17.1. The van der Waals surface area contributed by atoms with Crippen molar-refractivity contribution >= 4 is 17.2 Å². The van der Waals surface area contributed by atoms with Crippen molar-refractivity contribution < 1.29 is 4.79 Å². The Kier molecular flexibility index (Phi) is 4.16. The van der Waals surface area contributed by atoms with Crippen LogP contribution in [0.4, 0.5) is 5.69 Å². The number of fused-ring (bicyclic) bond motifs is 3. The highest BCUT2D eigenvalue weighted by Crippen LogP contribution is 2.52. The quantitative estimate of drug-likeness (QED) is 0.525. The van der Waals surface area contributed by atoms with Crippen LogP contribution in [0, 0.1) is 0 Å². The molecular formula is C27H25NO. The van der Waals surface area contributed by atoms with E-state index in [1.54, 1.807) is 0 Å². The van der Waals surface area contributed by atoms with E-state index >= 15 is 0 Å². The molecular weight excluding hydrogens is 354 g/mol. The molecule has 0 amide bonds. The Bertz CT molecular complexity index is 1140. The van der Waals surface area contributed by atoms with E-state index in [2.05, 4.69) is 92.4 Å². The van der Waals surface area contributed by atoms with Gasteiger partial charge in [0.25, 0.3) is 0 Å². The number of carbonyl (C=O) groups excluding carboxylic acids is 1. The molecule has 0 aromatic heterocycles. The molecule has 1 atom stereocenters. The Morgan fingerprint density at radius 3 is 2.34 bits per heavy atom. The van der Waals surface area contributed by atoms with Gasteiger partial charge in [-0.05, 0) is 41.7 Å². The minimum Gasteiger partial charge on any atom is -0.341 e. The number of para-hydroxylation sites is 1. The molecule has 5 rings (SSSR count). The lowest BCUT2D eigenvalue weighted by Crippen LogP contribution is -2.29. The van der Waals surface area contributed by atoms with Crippen LogP contribution in [-0.4, -0.2) is 12.3 Å². The molecule has 0 saturated carbocycles. The lowest BCUT2D eigenvalue weighted by atomic mass is 9.79. The van der Waals surface area contributed by atoms with Crippen molar-refractivity contribution in [3.63, 3.8) is 0 Å². The van der Waals surface area contributed by atoms with Crippen molar-refractivity contribution in [2.45, 2.75) is 32.6 Å². The second kappa shape index (κ2) is 6.73. The summed E-state index contributed by atoms with van der Waals surface area (Å²) in [7, 11) is 0. The fourth-order valence-corrected chi connectivity index (χ4v) is 4.85. The van der Waals surface area contributed by atoms with Crippen LogP contribution >= 0.6 is 0 Å². The lowest BCUT2D eigenvalue weighted by molar-refractivity contribution is 0.103. The number of Topliss-reactive ketones (excluding diaryl/α,β-unsaturated/α-hetero) is 1. The minimum atomic E-state index is -0.0346. The minimum absolute atomic E-state index is 0.0346. The van der Waals surface area contributed by atoms with Crippen molar-refractivity contribution in [1.82, 2.24) is 0 Å². The molecule has 3 aromatic rings. The highest BCUT2D eigenvalue weighted by molar-refractivity contribution is 6.24. The SMILES string of the molecule is CCN1C2=C(C(=O)c3cc(C(C)C)ccc32)C(c2ccccc2)c2ccccc21. The van der Waals surface area contributed by atoms with E-state index in [9.17, 15) is 4.79 Å². The third-order valence-corrected chi connectivity index (χ3v) is 6.26. The molecule has 1 unspecified atom stereocenters. The smallest absolute Gasteiger partial charge is 0.192 e. The van der Waals surface area contributed by atoms with E-state index in [4.69, 9.17) is 0 Å². The van der Waals surface area contributed by atoms with Crippen LogP contribution in [0.2, 0.25) is 0 Å². The molecule has 2 heteroatoms. The summed E-state index contributed by atoms with van der Waals surface area (Å²) in [6.45, 7) is 7.34. The normalized spacial score (nSPS) is 17.4. The average Bonchev–Trinajstić information content (AvgIpc) is 3.04. The van der Waals surface area contributed by atoms with Gasteiger partial charge in [0, 0.05) is 34.9 Å². The molecule has 3 aromatic carbocycles. The van der Waals surface area contributed by atoms with Crippen LogP contribution in [0.5, 0.6) is 0 Å². The molecule has 0 spiro atoms. The van der Waals surface area contributed by atoms with Gasteiger partial charge in [-0.1, -0.05) is 74.5 Å². The van der Waals surface area contributed by atoms with Gasteiger partial charge in [0.1, 0.15) is 0 Å². The Balaban J connectivity index is 1.79. The van der Waals surface area contributed by atoms with Gasteiger partial charge in [0.15, 0.2) is 5.78 Å². The monoisotopic (exact) mass is 379 g/mol. The maximum atomic E-state index is 13.8. The molecule has 0 radical (unpaired) electrons. The summed E-state index contributed by atoms with van der Waals surface area (Å²) >= 11 is 0. The molecule has 1 aliphatic heterocycles. The molecule has 1 heterocycles. The third kappa shape index (κ3) is 2.59.